The van der Waals surface area contributed by atoms with Gasteiger partial charge in [-0.2, -0.15) is 0 Å². The molecule has 1 aliphatic heterocycles. The maximum absolute atomic E-state index is 12.3. The van der Waals surface area contributed by atoms with E-state index in [1.165, 1.54) is 5.56 Å². The zero-order chi connectivity index (χ0) is 19.8. The first-order valence-electron chi connectivity index (χ1n) is 9.41. The summed E-state index contributed by atoms with van der Waals surface area (Å²) < 4.78 is 5.37. The lowest BCUT2D eigenvalue weighted by molar-refractivity contribution is -0.124. The van der Waals surface area contributed by atoms with Crippen LogP contribution in [0.15, 0.2) is 54.6 Å². The molecule has 0 radical (unpaired) electrons. The molecule has 0 bridgehead atoms. The van der Waals surface area contributed by atoms with Crippen molar-refractivity contribution in [1.29, 1.82) is 0 Å². The van der Waals surface area contributed by atoms with E-state index in [1.807, 2.05) is 25.1 Å². The topological polar surface area (TPSA) is 91.5 Å². The quantitative estimate of drug-likeness (QED) is 0.515. The smallest absolute Gasteiger partial charge is 0.258 e. The average Bonchev–Trinajstić information content (AvgIpc) is 3.21. The average molecular weight is 382 g/mol. The van der Waals surface area contributed by atoms with Crippen LogP contribution in [0.1, 0.15) is 23.6 Å². The van der Waals surface area contributed by atoms with E-state index >= 15 is 0 Å². The van der Waals surface area contributed by atoms with E-state index in [0.29, 0.717) is 25.3 Å². The third-order valence-corrected chi connectivity index (χ3v) is 4.56. The summed E-state index contributed by atoms with van der Waals surface area (Å²) in [6, 6.07) is 17.2. The maximum atomic E-state index is 12.3. The van der Waals surface area contributed by atoms with Gasteiger partial charge in [-0.25, -0.2) is 10.9 Å². The van der Waals surface area contributed by atoms with Crippen LogP contribution in [-0.2, 0) is 9.59 Å². The monoisotopic (exact) mass is 382 g/mol. The number of carbonyl (C=O) groups excluding carboxylic acids is 2. The second-order valence-corrected chi connectivity index (χ2v) is 6.78. The second kappa shape index (κ2) is 9.87. The Bertz CT molecular complexity index is 780. The highest BCUT2D eigenvalue weighted by molar-refractivity contribution is 5.82. The van der Waals surface area contributed by atoms with Crippen molar-refractivity contribution in [2.45, 2.75) is 25.4 Å². The molecular formula is C21H26N4O3. The van der Waals surface area contributed by atoms with E-state index in [1.54, 1.807) is 12.1 Å². The van der Waals surface area contributed by atoms with E-state index < -0.39 is 0 Å². The Labute approximate surface area is 164 Å². The van der Waals surface area contributed by atoms with Crippen molar-refractivity contribution in [3.63, 3.8) is 0 Å². The summed E-state index contributed by atoms with van der Waals surface area (Å²) in [5.74, 6) is 0.337. The van der Waals surface area contributed by atoms with Crippen LogP contribution in [0.25, 0.3) is 0 Å². The molecule has 7 nitrogen and oxygen atoms in total. The van der Waals surface area contributed by atoms with Crippen LogP contribution < -0.4 is 26.2 Å². The summed E-state index contributed by atoms with van der Waals surface area (Å²) in [4.78, 5) is 24.1. The van der Waals surface area contributed by atoms with Crippen LogP contribution in [0.5, 0.6) is 5.75 Å². The minimum atomic E-state index is -0.302. The van der Waals surface area contributed by atoms with Gasteiger partial charge < -0.3 is 15.4 Å². The van der Waals surface area contributed by atoms with Gasteiger partial charge in [0.05, 0.1) is 0 Å². The number of hydrogen-bond acceptors (Lipinski definition) is 5. The first-order chi connectivity index (χ1) is 13.6. The van der Waals surface area contributed by atoms with Gasteiger partial charge >= 0.3 is 0 Å². The number of aryl methyl sites for hydroxylation is 1. The number of nitrogens with one attached hydrogen (secondary N) is 4. The number of ether oxygens (including phenoxy) is 1. The van der Waals surface area contributed by atoms with E-state index in [2.05, 4.69) is 45.8 Å². The molecule has 0 aliphatic carbocycles. The molecule has 0 spiro atoms. The molecule has 2 aromatic rings. The molecule has 0 aromatic heterocycles. The van der Waals surface area contributed by atoms with E-state index in [0.717, 1.165) is 5.56 Å². The van der Waals surface area contributed by atoms with Crippen molar-refractivity contribution < 1.29 is 14.3 Å². The molecule has 2 amide bonds. The Morgan fingerprint density at radius 2 is 1.71 bits per heavy atom. The number of para-hydroxylation sites is 1. The van der Waals surface area contributed by atoms with E-state index in [-0.39, 0.29) is 30.5 Å². The minimum absolute atomic E-state index is 0.0513. The molecule has 2 unspecified atom stereocenters. The number of benzene rings is 2. The molecule has 4 N–H and O–H groups in total. The van der Waals surface area contributed by atoms with E-state index in [9.17, 15) is 9.59 Å². The Hall–Kier alpha value is -2.90. The van der Waals surface area contributed by atoms with Crippen molar-refractivity contribution >= 4 is 11.8 Å². The van der Waals surface area contributed by atoms with Crippen molar-refractivity contribution in [3.8, 4) is 5.75 Å². The summed E-state index contributed by atoms with van der Waals surface area (Å²) in [6.45, 7) is 2.71. The van der Waals surface area contributed by atoms with Crippen molar-refractivity contribution in [1.82, 2.24) is 21.5 Å². The zero-order valence-electron chi connectivity index (χ0n) is 15.9. The van der Waals surface area contributed by atoms with Gasteiger partial charge in [0.1, 0.15) is 11.8 Å². The standard InChI is InChI=1S/C21H26N4O3/c1-15-7-9-16(10-8-15)18-13-19(25-24-18)21(27)23-12-11-22-20(26)14-28-17-5-3-2-4-6-17/h2-10,18-19,24-25H,11-14H2,1H3,(H,22,26)(H,23,27). The molecule has 0 saturated carbocycles. The van der Waals surface area contributed by atoms with Crippen LogP contribution in [0, 0.1) is 6.92 Å². The first kappa shape index (κ1) is 19.9. The van der Waals surface area contributed by atoms with Crippen LogP contribution >= 0.6 is 0 Å². The second-order valence-electron chi connectivity index (χ2n) is 6.78. The van der Waals surface area contributed by atoms with Gasteiger partial charge in [0.25, 0.3) is 5.91 Å². The van der Waals surface area contributed by atoms with Gasteiger partial charge in [0.2, 0.25) is 5.91 Å². The zero-order valence-corrected chi connectivity index (χ0v) is 15.9. The lowest BCUT2D eigenvalue weighted by Gasteiger charge is -2.12. The largest absolute Gasteiger partial charge is 0.484 e. The van der Waals surface area contributed by atoms with Gasteiger partial charge in [-0.1, -0.05) is 48.0 Å². The normalized spacial score (nSPS) is 18.5. The molecule has 3 rings (SSSR count). The summed E-state index contributed by atoms with van der Waals surface area (Å²) in [6.07, 6.45) is 0.673. The van der Waals surface area contributed by atoms with Crippen molar-refractivity contribution in [2.24, 2.45) is 0 Å². The Balaban J connectivity index is 1.31. The van der Waals surface area contributed by atoms with Crippen LogP contribution in [0.4, 0.5) is 0 Å². The van der Waals surface area contributed by atoms with Crippen molar-refractivity contribution in [3.05, 3.63) is 65.7 Å². The van der Waals surface area contributed by atoms with Gasteiger partial charge in [0, 0.05) is 19.1 Å². The van der Waals surface area contributed by atoms with E-state index in [4.69, 9.17) is 4.74 Å². The summed E-state index contributed by atoms with van der Waals surface area (Å²) >= 11 is 0. The lowest BCUT2D eigenvalue weighted by atomic mass is 10.0. The minimum Gasteiger partial charge on any atom is -0.484 e. The number of hydrazine groups is 1. The number of rotatable bonds is 8. The Morgan fingerprint density at radius 1 is 1.00 bits per heavy atom. The Morgan fingerprint density at radius 3 is 2.46 bits per heavy atom. The van der Waals surface area contributed by atoms with Crippen LogP contribution in [0.2, 0.25) is 0 Å². The Kier molecular flexibility index (Phi) is 7.00. The number of amides is 2. The number of carbonyl (C=O) groups is 2. The van der Waals surface area contributed by atoms with Gasteiger partial charge in [-0.15, -0.1) is 0 Å². The molecular weight excluding hydrogens is 356 g/mol. The SMILES string of the molecule is Cc1ccc(C2CC(C(=O)NCCNC(=O)COc3ccccc3)NN2)cc1. The first-order valence-corrected chi connectivity index (χ1v) is 9.41. The predicted octanol–water partition coefficient (Wildman–Crippen LogP) is 1.21. The summed E-state index contributed by atoms with van der Waals surface area (Å²) in [5.41, 5.74) is 8.57. The van der Waals surface area contributed by atoms with Gasteiger partial charge in [0.15, 0.2) is 6.61 Å². The maximum Gasteiger partial charge on any atom is 0.258 e. The number of hydrogen-bond donors (Lipinski definition) is 4. The third-order valence-electron chi connectivity index (χ3n) is 4.56. The lowest BCUT2D eigenvalue weighted by Crippen LogP contribution is -2.45. The highest BCUT2D eigenvalue weighted by Crippen LogP contribution is 2.22. The highest BCUT2D eigenvalue weighted by atomic mass is 16.5. The van der Waals surface area contributed by atoms with Crippen molar-refractivity contribution in [2.75, 3.05) is 19.7 Å². The predicted molar refractivity (Wildman–Crippen MR) is 107 cm³/mol. The molecule has 1 heterocycles. The van der Waals surface area contributed by atoms with Crippen LogP contribution in [0.3, 0.4) is 0 Å². The highest BCUT2D eigenvalue weighted by Gasteiger charge is 2.29. The van der Waals surface area contributed by atoms with Gasteiger partial charge in [-0.05, 0) is 31.0 Å². The molecule has 148 valence electrons. The molecule has 7 heteroatoms. The molecule has 1 aliphatic rings. The molecule has 28 heavy (non-hydrogen) atoms. The molecule has 1 saturated heterocycles. The van der Waals surface area contributed by atoms with Gasteiger partial charge in [-0.3, -0.25) is 9.59 Å². The third kappa shape index (κ3) is 5.80. The van der Waals surface area contributed by atoms with Crippen LogP contribution in [-0.4, -0.2) is 37.6 Å². The summed E-state index contributed by atoms with van der Waals surface area (Å²) in [7, 11) is 0. The molecule has 1 fully saturated rings. The fourth-order valence-corrected chi connectivity index (χ4v) is 2.97. The fraction of sp³-hybridized carbons (Fsp3) is 0.333. The molecule has 2 atom stereocenters. The molecule has 2 aromatic carbocycles. The fourth-order valence-electron chi connectivity index (χ4n) is 2.97. The summed E-state index contributed by atoms with van der Waals surface area (Å²) in [5, 5.41) is 5.56.